The van der Waals surface area contributed by atoms with Gasteiger partial charge < -0.3 is 10.1 Å². The number of hydrogen-bond donors (Lipinski definition) is 1. The van der Waals surface area contributed by atoms with E-state index in [9.17, 15) is 18.0 Å². The van der Waals surface area contributed by atoms with Crippen molar-refractivity contribution in [3.63, 3.8) is 0 Å². The molecule has 1 saturated heterocycles. The average molecular weight is 305 g/mol. The highest BCUT2D eigenvalue weighted by molar-refractivity contribution is 8.00. The van der Waals surface area contributed by atoms with E-state index in [4.69, 9.17) is 4.74 Å². The second-order valence-electron chi connectivity index (χ2n) is 4.42. The van der Waals surface area contributed by atoms with Crippen LogP contribution in [0.2, 0.25) is 0 Å². The molecule has 0 aromatic heterocycles. The van der Waals surface area contributed by atoms with Crippen LogP contribution in [0.15, 0.2) is 29.2 Å². The summed E-state index contributed by atoms with van der Waals surface area (Å²) in [4.78, 5) is 11.9. The van der Waals surface area contributed by atoms with Gasteiger partial charge in [-0.05, 0) is 48.9 Å². The predicted octanol–water partition coefficient (Wildman–Crippen LogP) is 3.21. The Morgan fingerprint density at radius 1 is 1.35 bits per heavy atom. The van der Waals surface area contributed by atoms with Crippen LogP contribution in [0.3, 0.4) is 0 Å². The van der Waals surface area contributed by atoms with Gasteiger partial charge in [-0.15, -0.1) is 0 Å². The highest BCUT2D eigenvalue weighted by Crippen LogP contribution is 2.36. The summed E-state index contributed by atoms with van der Waals surface area (Å²) in [6.45, 7) is 1.14. The molecule has 0 aliphatic carbocycles. The van der Waals surface area contributed by atoms with Crippen LogP contribution in [0, 0.1) is 0 Å². The molecule has 1 amide bonds. The van der Waals surface area contributed by atoms with E-state index < -0.39 is 5.51 Å². The van der Waals surface area contributed by atoms with E-state index in [1.807, 2.05) is 0 Å². The quantitative estimate of drug-likeness (QED) is 0.868. The third-order valence-corrected chi connectivity index (χ3v) is 3.60. The van der Waals surface area contributed by atoms with Crippen LogP contribution in [-0.4, -0.2) is 30.7 Å². The molecule has 110 valence electrons. The van der Waals surface area contributed by atoms with Crippen LogP contribution < -0.4 is 5.32 Å². The number of alkyl halides is 3. The van der Waals surface area contributed by atoms with E-state index in [0.29, 0.717) is 18.7 Å². The van der Waals surface area contributed by atoms with Crippen molar-refractivity contribution < 1.29 is 22.7 Å². The minimum atomic E-state index is -4.32. The minimum absolute atomic E-state index is 0.0407. The summed E-state index contributed by atoms with van der Waals surface area (Å²) in [5, 5.41) is 2.72. The Kier molecular flexibility index (Phi) is 4.93. The standard InChI is InChI=1S/C13H14F3NO2S/c14-13(15,16)20-11-5-3-9(4-6-11)12(18)17-8-10-2-1-7-19-10/h3-6,10H,1-2,7-8H2,(H,17,18). The Morgan fingerprint density at radius 3 is 2.60 bits per heavy atom. The molecule has 2 rings (SSSR count). The summed E-state index contributed by atoms with van der Waals surface area (Å²) in [7, 11) is 0. The fourth-order valence-electron chi connectivity index (χ4n) is 1.92. The summed E-state index contributed by atoms with van der Waals surface area (Å²) in [6, 6.07) is 5.36. The van der Waals surface area contributed by atoms with E-state index in [1.165, 1.54) is 24.3 Å². The highest BCUT2D eigenvalue weighted by atomic mass is 32.2. The number of carbonyl (C=O) groups excluding carboxylic acids is 1. The zero-order chi connectivity index (χ0) is 14.6. The van der Waals surface area contributed by atoms with Gasteiger partial charge >= 0.3 is 5.51 Å². The van der Waals surface area contributed by atoms with Gasteiger partial charge in [0.25, 0.3) is 5.91 Å². The summed E-state index contributed by atoms with van der Waals surface area (Å²) >= 11 is -0.197. The van der Waals surface area contributed by atoms with Crippen molar-refractivity contribution in [1.29, 1.82) is 0 Å². The Balaban J connectivity index is 1.86. The number of hydrogen-bond acceptors (Lipinski definition) is 3. The van der Waals surface area contributed by atoms with E-state index in [0.717, 1.165) is 12.8 Å². The third-order valence-electron chi connectivity index (χ3n) is 2.86. The van der Waals surface area contributed by atoms with Crippen LogP contribution in [-0.2, 0) is 4.74 Å². The summed E-state index contributed by atoms with van der Waals surface area (Å²) in [5.41, 5.74) is -3.97. The lowest BCUT2D eigenvalue weighted by atomic mass is 10.2. The number of thioether (sulfide) groups is 1. The SMILES string of the molecule is O=C(NCC1CCCO1)c1ccc(SC(F)(F)F)cc1. The van der Waals surface area contributed by atoms with Crippen LogP contribution in [0.5, 0.6) is 0 Å². The maximum Gasteiger partial charge on any atom is 0.446 e. The molecular formula is C13H14F3NO2S. The van der Waals surface area contributed by atoms with Crippen molar-refractivity contribution >= 4 is 17.7 Å². The van der Waals surface area contributed by atoms with Crippen LogP contribution in [0.25, 0.3) is 0 Å². The van der Waals surface area contributed by atoms with Crippen molar-refractivity contribution in [2.75, 3.05) is 13.2 Å². The van der Waals surface area contributed by atoms with Gasteiger partial charge in [-0.2, -0.15) is 13.2 Å². The lowest BCUT2D eigenvalue weighted by molar-refractivity contribution is -0.0328. The summed E-state index contributed by atoms with van der Waals surface area (Å²) in [5.74, 6) is -0.302. The van der Waals surface area contributed by atoms with Crippen molar-refractivity contribution in [2.45, 2.75) is 29.3 Å². The van der Waals surface area contributed by atoms with Gasteiger partial charge in [0.2, 0.25) is 0 Å². The van der Waals surface area contributed by atoms with E-state index >= 15 is 0 Å². The molecule has 0 radical (unpaired) electrons. The lowest BCUT2D eigenvalue weighted by Gasteiger charge is -2.11. The van der Waals surface area contributed by atoms with Gasteiger partial charge in [0, 0.05) is 23.6 Å². The molecule has 20 heavy (non-hydrogen) atoms. The second kappa shape index (κ2) is 6.49. The average Bonchev–Trinajstić information content (AvgIpc) is 2.88. The molecule has 1 aliphatic rings. The smallest absolute Gasteiger partial charge is 0.376 e. The van der Waals surface area contributed by atoms with Crippen molar-refractivity contribution in [3.8, 4) is 0 Å². The molecular weight excluding hydrogens is 291 g/mol. The number of rotatable bonds is 4. The van der Waals surface area contributed by atoms with Crippen LogP contribution in [0.1, 0.15) is 23.2 Å². The molecule has 0 saturated carbocycles. The summed E-state index contributed by atoms with van der Waals surface area (Å²) in [6.07, 6.45) is 1.95. The number of benzene rings is 1. The monoisotopic (exact) mass is 305 g/mol. The molecule has 3 nitrogen and oxygen atoms in total. The lowest BCUT2D eigenvalue weighted by Crippen LogP contribution is -2.31. The van der Waals surface area contributed by atoms with Crippen LogP contribution in [0.4, 0.5) is 13.2 Å². The maximum absolute atomic E-state index is 12.2. The van der Waals surface area contributed by atoms with E-state index in [1.54, 1.807) is 0 Å². The molecule has 0 spiro atoms. The maximum atomic E-state index is 12.2. The van der Waals surface area contributed by atoms with Crippen LogP contribution >= 0.6 is 11.8 Å². The zero-order valence-electron chi connectivity index (χ0n) is 10.6. The Hall–Kier alpha value is -1.21. The number of halogens is 3. The first-order valence-corrected chi connectivity index (χ1v) is 7.01. The van der Waals surface area contributed by atoms with E-state index in [-0.39, 0.29) is 28.7 Å². The number of nitrogens with one attached hydrogen (secondary N) is 1. The fraction of sp³-hybridized carbons (Fsp3) is 0.462. The van der Waals surface area contributed by atoms with Crippen molar-refractivity contribution in [1.82, 2.24) is 5.32 Å². The normalized spacial score (nSPS) is 19.1. The number of amides is 1. The van der Waals surface area contributed by atoms with Gasteiger partial charge in [0.15, 0.2) is 0 Å². The van der Waals surface area contributed by atoms with Gasteiger partial charge in [-0.1, -0.05) is 0 Å². The molecule has 7 heteroatoms. The van der Waals surface area contributed by atoms with Gasteiger partial charge in [0.05, 0.1) is 6.10 Å². The molecule has 1 aromatic carbocycles. The molecule has 1 unspecified atom stereocenters. The van der Waals surface area contributed by atoms with Gasteiger partial charge in [0.1, 0.15) is 0 Å². The topological polar surface area (TPSA) is 38.3 Å². The summed E-state index contributed by atoms with van der Waals surface area (Å²) < 4.78 is 41.9. The predicted molar refractivity (Wildman–Crippen MR) is 69.7 cm³/mol. The molecule has 1 fully saturated rings. The second-order valence-corrected chi connectivity index (χ2v) is 5.56. The van der Waals surface area contributed by atoms with E-state index in [2.05, 4.69) is 5.32 Å². The largest absolute Gasteiger partial charge is 0.446 e. The minimum Gasteiger partial charge on any atom is -0.376 e. The Bertz CT molecular complexity index is 456. The molecule has 0 bridgehead atoms. The molecule has 1 aliphatic heterocycles. The molecule has 1 heterocycles. The third kappa shape index (κ3) is 4.72. The first kappa shape index (κ1) is 15.2. The number of carbonyl (C=O) groups is 1. The first-order chi connectivity index (χ1) is 9.44. The number of ether oxygens (including phenoxy) is 1. The van der Waals surface area contributed by atoms with Gasteiger partial charge in [-0.25, -0.2) is 0 Å². The Labute approximate surface area is 118 Å². The van der Waals surface area contributed by atoms with Crippen molar-refractivity contribution in [2.24, 2.45) is 0 Å². The molecule has 1 aromatic rings. The molecule has 1 N–H and O–H groups in total. The zero-order valence-corrected chi connectivity index (χ0v) is 11.4. The van der Waals surface area contributed by atoms with Crippen molar-refractivity contribution in [3.05, 3.63) is 29.8 Å². The first-order valence-electron chi connectivity index (χ1n) is 6.20. The van der Waals surface area contributed by atoms with Gasteiger partial charge in [-0.3, -0.25) is 4.79 Å². The Morgan fingerprint density at radius 2 is 2.05 bits per heavy atom. The fourth-order valence-corrected chi connectivity index (χ4v) is 2.46. The highest BCUT2D eigenvalue weighted by Gasteiger charge is 2.29. The molecule has 1 atom stereocenters.